The quantitative estimate of drug-likeness (QED) is 0.0369. The Morgan fingerprint density at radius 3 is 1.47 bits per heavy atom. The highest BCUT2D eigenvalue weighted by Crippen LogP contribution is 2.20. The van der Waals surface area contributed by atoms with Crippen molar-refractivity contribution in [2.45, 2.75) is 88.2 Å². The van der Waals surface area contributed by atoms with Crippen molar-refractivity contribution in [3.05, 3.63) is 227 Å². The minimum Gasteiger partial charge on any atom is -0.399 e. The van der Waals surface area contributed by atoms with Crippen molar-refractivity contribution in [2.75, 3.05) is 5.73 Å². The molecular formula is C61H65N11O6. The summed E-state index contributed by atoms with van der Waals surface area (Å²) < 4.78 is 1.87. The van der Waals surface area contributed by atoms with E-state index in [1.807, 2.05) is 139 Å². The van der Waals surface area contributed by atoms with Crippen LogP contribution in [-0.4, -0.2) is 86.2 Å². The molecule has 6 amide bonds. The lowest BCUT2D eigenvalue weighted by Gasteiger charge is -2.27. The van der Waals surface area contributed by atoms with E-state index in [-0.39, 0.29) is 38.5 Å². The molecule has 0 radical (unpaired) electrons. The summed E-state index contributed by atoms with van der Waals surface area (Å²) in [6.07, 6.45) is 5.39. The van der Waals surface area contributed by atoms with Crippen LogP contribution in [0.2, 0.25) is 0 Å². The molecule has 2 heterocycles. The zero-order valence-corrected chi connectivity index (χ0v) is 43.3. The van der Waals surface area contributed by atoms with Crippen molar-refractivity contribution < 1.29 is 28.8 Å². The van der Waals surface area contributed by atoms with E-state index in [0.29, 0.717) is 34.6 Å². The number of primary amides is 1. The normalized spacial score (nSPS) is 13.5. The first kappa shape index (κ1) is 54.9. The van der Waals surface area contributed by atoms with E-state index >= 15 is 0 Å². The second kappa shape index (κ2) is 26.4. The number of aromatic amines is 1. The molecule has 78 heavy (non-hydrogen) atoms. The fraction of sp³-hybridized carbons (Fsp3) is 0.230. The van der Waals surface area contributed by atoms with Gasteiger partial charge in [-0.05, 0) is 64.9 Å². The molecule has 0 aliphatic carbocycles. The van der Waals surface area contributed by atoms with Crippen LogP contribution < -0.4 is 43.8 Å². The van der Waals surface area contributed by atoms with E-state index < -0.39 is 71.7 Å². The zero-order chi connectivity index (χ0) is 55.0. The third-order valence-corrected chi connectivity index (χ3v) is 13.5. The van der Waals surface area contributed by atoms with Gasteiger partial charge in [0.25, 0.3) is 0 Å². The van der Waals surface area contributed by atoms with Crippen LogP contribution in [0.4, 0.5) is 5.69 Å². The van der Waals surface area contributed by atoms with Crippen molar-refractivity contribution in [2.24, 2.45) is 11.5 Å². The predicted octanol–water partition coefficient (Wildman–Crippen LogP) is 4.30. The Morgan fingerprint density at radius 1 is 0.500 bits per heavy atom. The number of carbonyl (C=O) groups excluding carboxylic acids is 6. The molecule has 0 saturated heterocycles. The maximum atomic E-state index is 15.0. The molecule has 12 N–H and O–H groups in total. The minimum absolute atomic E-state index is 0.000270. The smallest absolute Gasteiger partial charge is 0.243 e. The van der Waals surface area contributed by atoms with E-state index in [0.717, 1.165) is 33.2 Å². The fourth-order valence-corrected chi connectivity index (χ4v) is 9.21. The van der Waals surface area contributed by atoms with Gasteiger partial charge < -0.3 is 53.3 Å². The number of imidazole rings is 1. The number of para-hydroxylation sites is 1. The monoisotopic (exact) mass is 1050 g/mol. The molecule has 400 valence electrons. The van der Waals surface area contributed by atoms with Crippen molar-refractivity contribution in [1.29, 1.82) is 0 Å². The van der Waals surface area contributed by atoms with Crippen LogP contribution in [0, 0.1) is 6.92 Å². The Balaban J connectivity index is 1.05. The number of nitrogen functional groups attached to an aromatic ring is 1. The highest BCUT2D eigenvalue weighted by molar-refractivity contribution is 5.97. The topological polar surface area (TPSA) is 274 Å². The van der Waals surface area contributed by atoms with Crippen LogP contribution in [0.5, 0.6) is 0 Å². The molecule has 17 nitrogen and oxygen atoms in total. The van der Waals surface area contributed by atoms with Gasteiger partial charge in [-0.1, -0.05) is 151 Å². The molecule has 0 spiro atoms. The number of amides is 6. The summed E-state index contributed by atoms with van der Waals surface area (Å²) in [6.45, 7) is 2.47. The Kier molecular flexibility index (Phi) is 18.6. The molecule has 0 bridgehead atoms. The van der Waals surface area contributed by atoms with Crippen LogP contribution in [0.15, 0.2) is 183 Å². The number of carbonyl (C=O) groups is 6. The largest absolute Gasteiger partial charge is 0.399 e. The van der Waals surface area contributed by atoms with Crippen molar-refractivity contribution >= 4 is 52.0 Å². The Labute approximate surface area is 452 Å². The van der Waals surface area contributed by atoms with E-state index in [4.69, 9.17) is 17.2 Å². The molecule has 0 fully saturated rings. The van der Waals surface area contributed by atoms with Gasteiger partial charge in [-0.2, -0.15) is 0 Å². The lowest BCUT2D eigenvalue weighted by atomic mass is 9.99. The SMILES string of the molecule is Cc1ccc(C[C@H](NC(=O)[C@@H](Cc2ccccc2)NC(=O)[C@@H](Cc2c[nH]c3ccccc23)NC(=O)[C@@H](N)Cc2ccc(N)cc2)C(=O)N[C@H](Cc2ccccc2)C(=O)N[C@@H](Cc2cn(Cc3ccccc3)cn2)C(N)=O)cc1. The second-order valence-electron chi connectivity index (χ2n) is 19.6. The Bertz CT molecular complexity index is 3290. The van der Waals surface area contributed by atoms with Gasteiger partial charge in [0, 0.05) is 67.6 Å². The van der Waals surface area contributed by atoms with Gasteiger partial charge in [0.05, 0.1) is 18.1 Å². The molecule has 17 heteroatoms. The van der Waals surface area contributed by atoms with E-state index in [1.54, 1.807) is 55.1 Å². The minimum atomic E-state index is -1.30. The third-order valence-electron chi connectivity index (χ3n) is 13.5. The predicted molar refractivity (Wildman–Crippen MR) is 300 cm³/mol. The number of fused-ring (bicyclic) bond motifs is 1. The molecule has 2 aromatic heterocycles. The summed E-state index contributed by atoms with van der Waals surface area (Å²) in [6, 6.07) is 42.6. The van der Waals surface area contributed by atoms with Crippen LogP contribution >= 0.6 is 0 Å². The van der Waals surface area contributed by atoms with Gasteiger partial charge in [-0.15, -0.1) is 0 Å². The van der Waals surface area contributed by atoms with E-state index in [2.05, 4.69) is 36.6 Å². The molecule has 6 atom stereocenters. The van der Waals surface area contributed by atoms with Crippen LogP contribution in [0.25, 0.3) is 10.9 Å². The number of benzene rings is 6. The number of H-pyrrole nitrogens is 1. The van der Waals surface area contributed by atoms with Crippen molar-refractivity contribution in [3.63, 3.8) is 0 Å². The number of anilines is 1. The molecule has 8 rings (SSSR count). The maximum absolute atomic E-state index is 15.0. The fourth-order valence-electron chi connectivity index (χ4n) is 9.21. The first-order valence-electron chi connectivity index (χ1n) is 25.9. The van der Waals surface area contributed by atoms with Crippen LogP contribution in [0.1, 0.15) is 44.6 Å². The molecule has 6 aromatic carbocycles. The molecular weight excluding hydrogens is 983 g/mol. The van der Waals surface area contributed by atoms with Crippen LogP contribution in [0.3, 0.4) is 0 Å². The first-order valence-corrected chi connectivity index (χ1v) is 25.9. The lowest BCUT2D eigenvalue weighted by Crippen LogP contribution is -2.60. The highest BCUT2D eigenvalue weighted by atomic mass is 16.2. The van der Waals surface area contributed by atoms with Gasteiger partial charge in [0.1, 0.15) is 30.2 Å². The maximum Gasteiger partial charge on any atom is 0.243 e. The van der Waals surface area contributed by atoms with Gasteiger partial charge in [-0.25, -0.2) is 4.98 Å². The van der Waals surface area contributed by atoms with Crippen molar-refractivity contribution in [3.8, 4) is 0 Å². The lowest BCUT2D eigenvalue weighted by molar-refractivity contribution is -0.135. The summed E-state index contributed by atoms with van der Waals surface area (Å²) in [5.74, 6) is -4.16. The number of aromatic nitrogens is 3. The molecule has 8 aromatic rings. The summed E-state index contributed by atoms with van der Waals surface area (Å²) in [4.78, 5) is 93.7. The summed E-state index contributed by atoms with van der Waals surface area (Å²) >= 11 is 0. The van der Waals surface area contributed by atoms with Gasteiger partial charge >= 0.3 is 0 Å². The van der Waals surface area contributed by atoms with Gasteiger partial charge in [-0.3, -0.25) is 28.8 Å². The number of rotatable bonds is 25. The van der Waals surface area contributed by atoms with Crippen molar-refractivity contribution in [1.82, 2.24) is 41.1 Å². The first-order chi connectivity index (χ1) is 37.7. The Morgan fingerprint density at radius 2 is 0.936 bits per heavy atom. The number of nitrogens with one attached hydrogen (secondary N) is 6. The average molecular weight is 1050 g/mol. The number of hydrogen-bond acceptors (Lipinski definition) is 9. The van der Waals surface area contributed by atoms with E-state index in [9.17, 15) is 28.8 Å². The van der Waals surface area contributed by atoms with Crippen LogP contribution in [-0.2, 0) is 73.8 Å². The standard InChI is InChI=1S/C61H65N11O6/c1-39-21-23-43(24-22-39)32-54(60(77)69-52(30-40-13-5-2-6-14-40)58(75)67-51(56(64)73)34-47-37-72(38-66-47)36-44-17-9-4-10-18-44)70-59(76)53(31-41-15-7-3-8-16-41)71-61(78)55(33-45-35-65-50-20-12-11-19-48(45)50)68-57(74)49(63)29-42-25-27-46(62)28-26-42/h2-28,35,37-38,49,51-55,65H,29-34,36,62-63H2,1H3,(H2,64,73)(H,67,75)(H,68,74)(H,69,77)(H,70,76)(H,71,78)/t49-,51-,52+,53+,54-,55+/m0/s1. The molecule has 0 aliphatic rings. The number of nitrogens with two attached hydrogens (primary N) is 3. The van der Waals surface area contributed by atoms with Gasteiger partial charge in [0.15, 0.2) is 0 Å². The van der Waals surface area contributed by atoms with E-state index in [1.165, 1.54) is 0 Å². The summed E-state index contributed by atoms with van der Waals surface area (Å²) in [5, 5.41) is 15.2. The molecule has 0 unspecified atom stereocenters. The molecule has 0 aliphatic heterocycles. The zero-order valence-electron chi connectivity index (χ0n) is 43.3. The third kappa shape index (κ3) is 15.6. The average Bonchev–Trinajstić information content (AvgIpc) is 4.08. The summed E-state index contributed by atoms with van der Waals surface area (Å²) in [5.41, 5.74) is 25.8. The highest BCUT2D eigenvalue weighted by Gasteiger charge is 2.34. The summed E-state index contributed by atoms with van der Waals surface area (Å²) in [7, 11) is 0. The number of aryl methyl sites for hydroxylation is 1. The Hall–Kier alpha value is -9.35. The number of hydrogen-bond donors (Lipinski definition) is 9. The number of nitrogens with zero attached hydrogens (tertiary/aromatic N) is 2. The van der Waals surface area contributed by atoms with Gasteiger partial charge in [0.2, 0.25) is 35.4 Å². The second-order valence-corrected chi connectivity index (χ2v) is 19.6. The molecule has 0 saturated carbocycles.